The summed E-state index contributed by atoms with van der Waals surface area (Å²) < 4.78 is 5.10. The maximum absolute atomic E-state index is 11.9. The molecule has 1 N–H and O–H groups in total. The highest BCUT2D eigenvalue weighted by molar-refractivity contribution is 5.70. The Morgan fingerprint density at radius 1 is 1.00 bits per heavy atom. The van der Waals surface area contributed by atoms with E-state index in [1.807, 2.05) is 55.5 Å². The minimum Gasteiger partial charge on any atom is -0.466 e. The molecule has 116 valence electrons. The number of benzene rings is 2. The van der Waals surface area contributed by atoms with Gasteiger partial charge in [0, 0.05) is 12.1 Å². The van der Waals surface area contributed by atoms with Crippen molar-refractivity contribution in [2.75, 3.05) is 6.61 Å². The Balaban J connectivity index is 2.12. The molecule has 0 aliphatic rings. The zero-order valence-corrected chi connectivity index (χ0v) is 13.2. The van der Waals surface area contributed by atoms with Gasteiger partial charge in [-0.05, 0) is 25.0 Å². The van der Waals surface area contributed by atoms with Crippen LogP contribution >= 0.6 is 0 Å². The van der Waals surface area contributed by atoms with E-state index in [1.54, 1.807) is 0 Å². The predicted octanol–water partition coefficient (Wildman–Crippen LogP) is 4.03. The lowest BCUT2D eigenvalue weighted by molar-refractivity contribution is -0.143. The lowest BCUT2D eigenvalue weighted by Crippen LogP contribution is -2.27. The van der Waals surface area contributed by atoms with Gasteiger partial charge in [0.2, 0.25) is 0 Å². The number of esters is 1. The Bertz CT molecular complexity index is 569. The molecule has 22 heavy (non-hydrogen) atoms. The van der Waals surface area contributed by atoms with E-state index in [0.29, 0.717) is 13.0 Å². The molecule has 2 rings (SSSR count). The summed E-state index contributed by atoms with van der Waals surface area (Å²) in [7, 11) is 0. The maximum Gasteiger partial charge on any atom is 0.307 e. The van der Waals surface area contributed by atoms with E-state index < -0.39 is 0 Å². The van der Waals surface area contributed by atoms with Gasteiger partial charge in [0.25, 0.3) is 0 Å². The quantitative estimate of drug-likeness (QED) is 0.784. The van der Waals surface area contributed by atoms with E-state index in [9.17, 15) is 4.79 Å². The van der Waals surface area contributed by atoms with Crippen LogP contribution in [-0.2, 0) is 9.53 Å². The van der Waals surface area contributed by atoms with Crippen LogP contribution in [0.1, 0.15) is 43.5 Å². The van der Waals surface area contributed by atoms with Crippen LogP contribution in [0.25, 0.3) is 0 Å². The molecule has 2 aromatic rings. The largest absolute Gasteiger partial charge is 0.466 e. The lowest BCUT2D eigenvalue weighted by Gasteiger charge is -2.23. The molecule has 0 saturated heterocycles. The highest BCUT2D eigenvalue weighted by atomic mass is 16.5. The molecule has 2 atom stereocenters. The Labute approximate surface area is 132 Å². The van der Waals surface area contributed by atoms with Gasteiger partial charge in [-0.3, -0.25) is 4.79 Å². The van der Waals surface area contributed by atoms with E-state index in [1.165, 1.54) is 5.56 Å². The molecule has 0 amide bonds. The minimum absolute atomic E-state index is 0.0598. The zero-order valence-electron chi connectivity index (χ0n) is 13.2. The Hall–Kier alpha value is -2.13. The Kier molecular flexibility index (Phi) is 6.16. The third-order valence-electron chi connectivity index (χ3n) is 3.63. The lowest BCUT2D eigenvalue weighted by atomic mass is 10.0. The van der Waals surface area contributed by atoms with Gasteiger partial charge in [0.1, 0.15) is 0 Å². The summed E-state index contributed by atoms with van der Waals surface area (Å²) >= 11 is 0. The molecular weight excluding hydrogens is 274 g/mol. The Morgan fingerprint density at radius 2 is 1.55 bits per heavy atom. The van der Waals surface area contributed by atoms with Crippen molar-refractivity contribution in [3.05, 3.63) is 71.8 Å². The summed E-state index contributed by atoms with van der Waals surface area (Å²) in [5, 5.41) is 3.54. The van der Waals surface area contributed by atoms with E-state index in [4.69, 9.17) is 4.74 Å². The maximum atomic E-state index is 11.9. The van der Waals surface area contributed by atoms with Gasteiger partial charge in [-0.25, -0.2) is 0 Å². The normalized spacial score (nSPS) is 13.4. The second-order valence-corrected chi connectivity index (χ2v) is 5.27. The first-order valence-electron chi connectivity index (χ1n) is 7.72. The van der Waals surface area contributed by atoms with Crippen molar-refractivity contribution in [3.8, 4) is 0 Å². The zero-order chi connectivity index (χ0) is 15.8. The van der Waals surface area contributed by atoms with Crippen LogP contribution in [0.15, 0.2) is 60.7 Å². The van der Waals surface area contributed by atoms with Crippen molar-refractivity contribution in [1.82, 2.24) is 5.32 Å². The van der Waals surface area contributed by atoms with Gasteiger partial charge in [-0.2, -0.15) is 0 Å². The van der Waals surface area contributed by atoms with Gasteiger partial charge in [-0.1, -0.05) is 60.7 Å². The van der Waals surface area contributed by atoms with Gasteiger partial charge in [-0.15, -0.1) is 0 Å². The third-order valence-corrected chi connectivity index (χ3v) is 3.63. The molecule has 0 heterocycles. The van der Waals surface area contributed by atoms with Crippen LogP contribution in [0.4, 0.5) is 0 Å². The molecule has 2 unspecified atom stereocenters. The summed E-state index contributed by atoms with van der Waals surface area (Å²) in [5.74, 6) is -0.177. The van der Waals surface area contributed by atoms with Crippen LogP contribution in [-0.4, -0.2) is 12.6 Å². The van der Waals surface area contributed by atoms with Crippen molar-refractivity contribution in [1.29, 1.82) is 0 Å². The molecule has 3 heteroatoms. The van der Waals surface area contributed by atoms with Gasteiger partial charge < -0.3 is 10.1 Å². The molecule has 0 spiro atoms. The minimum atomic E-state index is -0.177. The van der Waals surface area contributed by atoms with Crippen LogP contribution < -0.4 is 5.32 Å². The fourth-order valence-corrected chi connectivity index (χ4v) is 2.48. The first kappa shape index (κ1) is 16.2. The topological polar surface area (TPSA) is 38.3 Å². The van der Waals surface area contributed by atoms with Crippen LogP contribution in [0.5, 0.6) is 0 Å². The predicted molar refractivity (Wildman–Crippen MR) is 88.4 cm³/mol. The molecule has 0 aliphatic carbocycles. The number of hydrogen-bond acceptors (Lipinski definition) is 3. The number of ether oxygens (including phenoxy) is 1. The number of nitrogens with one attached hydrogen (secondary N) is 1. The molecule has 0 saturated carbocycles. The van der Waals surface area contributed by atoms with E-state index >= 15 is 0 Å². The van der Waals surface area contributed by atoms with E-state index in [2.05, 4.69) is 24.4 Å². The molecule has 0 bridgehead atoms. The fourth-order valence-electron chi connectivity index (χ4n) is 2.48. The van der Waals surface area contributed by atoms with Gasteiger partial charge in [0.05, 0.1) is 13.0 Å². The highest BCUT2D eigenvalue weighted by Crippen LogP contribution is 2.22. The van der Waals surface area contributed by atoms with Crippen molar-refractivity contribution in [2.45, 2.75) is 32.4 Å². The first-order chi connectivity index (χ1) is 10.7. The van der Waals surface area contributed by atoms with Crippen LogP contribution in [0, 0.1) is 0 Å². The first-order valence-corrected chi connectivity index (χ1v) is 7.72. The second-order valence-electron chi connectivity index (χ2n) is 5.27. The summed E-state index contributed by atoms with van der Waals surface area (Å²) in [6.45, 7) is 4.35. The molecule has 0 radical (unpaired) electrons. The van der Waals surface area contributed by atoms with E-state index in [0.717, 1.165) is 5.56 Å². The number of carbonyl (C=O) groups excluding carboxylic acids is 1. The van der Waals surface area contributed by atoms with Crippen molar-refractivity contribution >= 4 is 5.97 Å². The van der Waals surface area contributed by atoms with Crippen molar-refractivity contribution < 1.29 is 9.53 Å². The van der Waals surface area contributed by atoms with Crippen LogP contribution in [0.3, 0.4) is 0 Å². The smallest absolute Gasteiger partial charge is 0.307 e. The van der Waals surface area contributed by atoms with Crippen LogP contribution in [0.2, 0.25) is 0 Å². The van der Waals surface area contributed by atoms with Gasteiger partial charge in [0.15, 0.2) is 0 Å². The standard InChI is InChI=1S/C19H23NO2/c1-3-22-19(21)14-18(17-12-8-5-9-13-17)20-15(2)16-10-6-4-7-11-16/h4-13,15,18,20H,3,14H2,1-2H3. The fraction of sp³-hybridized carbons (Fsp3) is 0.316. The summed E-state index contributed by atoms with van der Waals surface area (Å²) in [5.41, 5.74) is 2.30. The monoisotopic (exact) mass is 297 g/mol. The highest BCUT2D eigenvalue weighted by Gasteiger charge is 2.19. The molecular formula is C19H23NO2. The summed E-state index contributed by atoms with van der Waals surface area (Å²) in [6, 6.07) is 20.3. The summed E-state index contributed by atoms with van der Waals surface area (Å²) in [6.07, 6.45) is 0.328. The molecule has 0 aromatic heterocycles. The van der Waals surface area contributed by atoms with Crippen molar-refractivity contribution in [2.24, 2.45) is 0 Å². The second kappa shape index (κ2) is 8.35. The molecule has 0 aliphatic heterocycles. The average molecular weight is 297 g/mol. The van der Waals surface area contributed by atoms with Crippen molar-refractivity contribution in [3.63, 3.8) is 0 Å². The molecule has 0 fully saturated rings. The number of rotatable bonds is 7. The van der Waals surface area contributed by atoms with Gasteiger partial charge >= 0.3 is 5.97 Å². The number of carbonyl (C=O) groups is 1. The molecule has 2 aromatic carbocycles. The van der Waals surface area contributed by atoms with E-state index in [-0.39, 0.29) is 18.1 Å². The average Bonchev–Trinajstić information content (AvgIpc) is 2.56. The molecule has 3 nitrogen and oxygen atoms in total. The Morgan fingerprint density at radius 3 is 2.09 bits per heavy atom. The summed E-state index contributed by atoms with van der Waals surface area (Å²) in [4.78, 5) is 11.9. The SMILES string of the molecule is CCOC(=O)CC(NC(C)c1ccccc1)c1ccccc1. The third kappa shape index (κ3) is 4.71. The number of hydrogen-bond donors (Lipinski definition) is 1.